The fourth-order valence-corrected chi connectivity index (χ4v) is 4.48. The average molecular weight is 495 g/mol. The summed E-state index contributed by atoms with van der Waals surface area (Å²) in [7, 11) is 2.07. The lowest BCUT2D eigenvalue weighted by Gasteiger charge is -2.18. The quantitative estimate of drug-likeness (QED) is 0.419. The Morgan fingerprint density at radius 2 is 1.78 bits per heavy atom. The number of fused-ring (bicyclic) bond motifs is 1. The number of benzene rings is 2. The zero-order chi connectivity index (χ0) is 26.0. The van der Waals surface area contributed by atoms with Crippen LogP contribution in [0.3, 0.4) is 0 Å². The molecule has 1 aromatic heterocycles. The maximum atomic E-state index is 13.4. The lowest BCUT2D eigenvalue weighted by Crippen LogP contribution is -2.23. The van der Waals surface area contributed by atoms with Crippen LogP contribution in [0.5, 0.6) is 0 Å². The number of nitrogens with zero attached hydrogens (tertiary/aromatic N) is 3. The highest BCUT2D eigenvalue weighted by Crippen LogP contribution is 2.39. The number of pyridine rings is 1. The first-order valence-electron chi connectivity index (χ1n) is 11.8. The molecular weight excluding hydrogens is 465 g/mol. The molecule has 0 bridgehead atoms. The van der Waals surface area contributed by atoms with Crippen LogP contribution in [0.15, 0.2) is 59.7 Å². The Bertz CT molecular complexity index is 1310. The number of carbonyl (C=O) groups excluding carboxylic acids is 1. The number of aryl methyl sites for hydroxylation is 1. The monoisotopic (exact) mass is 494 g/mol. The van der Waals surface area contributed by atoms with Crippen LogP contribution in [-0.2, 0) is 17.5 Å². The summed E-state index contributed by atoms with van der Waals surface area (Å²) < 4.78 is 40.1. The molecule has 8 heteroatoms. The first kappa shape index (κ1) is 25.6. The Morgan fingerprint density at radius 1 is 1.06 bits per heavy atom. The number of anilines is 1. The van der Waals surface area contributed by atoms with Gasteiger partial charge in [-0.05, 0) is 72.5 Å². The number of nitrogens with one attached hydrogen (secondary N) is 1. The Hall–Kier alpha value is -3.52. The van der Waals surface area contributed by atoms with Gasteiger partial charge in [0.1, 0.15) is 0 Å². The van der Waals surface area contributed by atoms with Crippen LogP contribution in [0, 0.1) is 12.8 Å². The molecule has 36 heavy (non-hydrogen) atoms. The fraction of sp³-hybridized carbons (Fsp3) is 0.321. The van der Waals surface area contributed by atoms with Gasteiger partial charge < -0.3 is 10.2 Å². The van der Waals surface area contributed by atoms with E-state index in [2.05, 4.69) is 47.2 Å². The van der Waals surface area contributed by atoms with Crippen molar-refractivity contribution >= 4 is 23.0 Å². The van der Waals surface area contributed by atoms with Crippen molar-refractivity contribution in [3.05, 3.63) is 77.1 Å². The van der Waals surface area contributed by atoms with Gasteiger partial charge in [-0.15, -0.1) is 0 Å². The number of aliphatic imine (C=N–C) groups is 1. The Morgan fingerprint density at radius 3 is 2.50 bits per heavy atom. The van der Waals surface area contributed by atoms with Gasteiger partial charge in [-0.25, -0.2) is 0 Å². The first-order valence-corrected chi connectivity index (χ1v) is 11.8. The molecule has 188 valence electrons. The van der Waals surface area contributed by atoms with E-state index < -0.39 is 17.6 Å². The zero-order valence-corrected chi connectivity index (χ0v) is 20.8. The van der Waals surface area contributed by atoms with Gasteiger partial charge in [0.05, 0.1) is 34.8 Å². The molecular formula is C28H29F3N4O. The van der Waals surface area contributed by atoms with Crippen molar-refractivity contribution in [2.75, 3.05) is 18.9 Å². The highest BCUT2D eigenvalue weighted by Gasteiger charge is 2.34. The molecule has 0 saturated carbocycles. The molecule has 1 aliphatic rings. The normalized spacial score (nSPS) is 13.9. The van der Waals surface area contributed by atoms with E-state index in [9.17, 15) is 18.0 Å². The molecule has 0 spiro atoms. The fourth-order valence-electron chi connectivity index (χ4n) is 4.48. The van der Waals surface area contributed by atoms with E-state index in [1.165, 1.54) is 13.0 Å². The van der Waals surface area contributed by atoms with Gasteiger partial charge in [-0.2, -0.15) is 13.2 Å². The summed E-state index contributed by atoms with van der Waals surface area (Å²) in [5.74, 6) is 0.149. The minimum absolute atomic E-state index is 0.0415. The van der Waals surface area contributed by atoms with E-state index in [1.807, 2.05) is 30.3 Å². The van der Waals surface area contributed by atoms with Crippen LogP contribution in [0.1, 0.15) is 42.7 Å². The van der Waals surface area contributed by atoms with Crippen molar-refractivity contribution in [3.63, 3.8) is 0 Å². The number of aromatic nitrogens is 1. The Balaban J connectivity index is 1.67. The molecule has 0 aliphatic carbocycles. The minimum atomic E-state index is -4.51. The summed E-state index contributed by atoms with van der Waals surface area (Å²) in [6.45, 7) is 7.45. The Kier molecular flexibility index (Phi) is 7.26. The predicted octanol–water partition coefficient (Wildman–Crippen LogP) is 6.63. The van der Waals surface area contributed by atoms with Gasteiger partial charge in [-0.3, -0.25) is 14.8 Å². The molecule has 1 aliphatic heterocycles. The number of carbonyl (C=O) groups is 1. The molecule has 2 heterocycles. The van der Waals surface area contributed by atoms with Crippen LogP contribution >= 0.6 is 0 Å². The van der Waals surface area contributed by atoms with Crippen molar-refractivity contribution < 1.29 is 18.0 Å². The van der Waals surface area contributed by atoms with Crippen molar-refractivity contribution in [3.8, 4) is 11.1 Å². The van der Waals surface area contributed by atoms with Crippen molar-refractivity contribution in [2.24, 2.45) is 10.9 Å². The van der Waals surface area contributed by atoms with Crippen molar-refractivity contribution in [2.45, 2.75) is 39.9 Å². The summed E-state index contributed by atoms with van der Waals surface area (Å²) >= 11 is 0. The van der Waals surface area contributed by atoms with Gasteiger partial charge in [0.25, 0.3) is 0 Å². The highest BCUT2D eigenvalue weighted by atomic mass is 19.4. The average Bonchev–Trinajstić information content (AvgIpc) is 2.95. The molecule has 0 radical (unpaired) electrons. The number of hydrogen-bond donors (Lipinski definition) is 1. The third-order valence-corrected chi connectivity index (χ3v) is 5.96. The molecule has 0 fully saturated rings. The SMILES string of the molecule is Cc1cc2c(cc1C(F)(F)F)NC(=O)CC(c1cccc(-c3ccnc(CN(C)CC(C)C)c3)c1)=N2. The van der Waals surface area contributed by atoms with E-state index >= 15 is 0 Å². The summed E-state index contributed by atoms with van der Waals surface area (Å²) in [6.07, 6.45) is -2.77. The van der Waals surface area contributed by atoms with Gasteiger partial charge in [0.2, 0.25) is 5.91 Å². The van der Waals surface area contributed by atoms with E-state index in [1.54, 1.807) is 6.20 Å². The summed E-state index contributed by atoms with van der Waals surface area (Å²) in [5, 5.41) is 2.58. The molecule has 1 amide bonds. The smallest absolute Gasteiger partial charge is 0.324 e. The standard InChI is InChI=1S/C28H29F3N4O/c1-17(2)15-35(4)16-22-12-20(8-9-32-22)19-6-5-7-21(11-19)24-14-27(36)34-26-13-23(28(29,30)31)18(3)10-25(26)33-24/h5-13,17H,14-16H2,1-4H3,(H,34,36). The second-order valence-corrected chi connectivity index (χ2v) is 9.67. The molecule has 0 atom stereocenters. The lowest BCUT2D eigenvalue weighted by atomic mass is 9.99. The molecule has 3 aromatic rings. The number of rotatable bonds is 6. The van der Waals surface area contributed by atoms with Crippen molar-refractivity contribution in [1.82, 2.24) is 9.88 Å². The lowest BCUT2D eigenvalue weighted by molar-refractivity contribution is -0.138. The van der Waals surface area contributed by atoms with Crippen LogP contribution in [-0.4, -0.2) is 35.1 Å². The zero-order valence-electron chi connectivity index (χ0n) is 20.8. The third kappa shape index (κ3) is 5.99. The minimum Gasteiger partial charge on any atom is -0.324 e. The van der Waals surface area contributed by atoms with E-state index in [0.717, 1.165) is 41.5 Å². The van der Waals surface area contributed by atoms with E-state index in [-0.39, 0.29) is 17.7 Å². The molecule has 1 N–H and O–H groups in total. The molecule has 2 aromatic carbocycles. The van der Waals surface area contributed by atoms with Gasteiger partial charge >= 0.3 is 6.18 Å². The maximum Gasteiger partial charge on any atom is 0.416 e. The summed E-state index contributed by atoms with van der Waals surface area (Å²) in [4.78, 5) is 23.9. The van der Waals surface area contributed by atoms with Crippen LogP contribution < -0.4 is 5.32 Å². The van der Waals surface area contributed by atoms with Gasteiger partial charge in [-0.1, -0.05) is 32.0 Å². The second-order valence-electron chi connectivity index (χ2n) is 9.67. The van der Waals surface area contributed by atoms with Crippen molar-refractivity contribution in [1.29, 1.82) is 0 Å². The molecule has 0 saturated heterocycles. The number of halogens is 3. The van der Waals surface area contributed by atoms with E-state index in [4.69, 9.17) is 0 Å². The molecule has 0 unspecified atom stereocenters. The van der Waals surface area contributed by atoms with Gasteiger partial charge in [0, 0.05) is 19.3 Å². The number of hydrogen-bond acceptors (Lipinski definition) is 4. The third-order valence-electron chi connectivity index (χ3n) is 5.96. The highest BCUT2D eigenvalue weighted by molar-refractivity contribution is 6.17. The summed E-state index contributed by atoms with van der Waals surface area (Å²) in [6, 6.07) is 14.0. The van der Waals surface area contributed by atoms with Crippen LogP contribution in [0.4, 0.5) is 24.5 Å². The maximum absolute atomic E-state index is 13.4. The Labute approximate surface area is 209 Å². The van der Waals surface area contributed by atoms with Crippen LogP contribution in [0.2, 0.25) is 0 Å². The number of alkyl halides is 3. The van der Waals surface area contributed by atoms with E-state index in [0.29, 0.717) is 17.3 Å². The summed E-state index contributed by atoms with van der Waals surface area (Å²) in [5.41, 5.74) is 3.78. The molecule has 4 rings (SSSR count). The van der Waals surface area contributed by atoms with Gasteiger partial charge in [0.15, 0.2) is 0 Å². The largest absolute Gasteiger partial charge is 0.416 e. The predicted molar refractivity (Wildman–Crippen MR) is 136 cm³/mol. The first-order chi connectivity index (χ1) is 17.0. The number of amides is 1. The second kappa shape index (κ2) is 10.2. The topological polar surface area (TPSA) is 57.6 Å². The molecule has 5 nitrogen and oxygen atoms in total. The van der Waals surface area contributed by atoms with Crippen LogP contribution in [0.25, 0.3) is 11.1 Å².